The maximum Gasteiger partial charge on any atom is 0.410 e. The molecule has 1 aliphatic heterocycles. The Morgan fingerprint density at radius 3 is 2.34 bits per heavy atom. The maximum atomic E-state index is 13.5. The van der Waals surface area contributed by atoms with Gasteiger partial charge in [0.2, 0.25) is 0 Å². The molecule has 2 atom stereocenters. The van der Waals surface area contributed by atoms with Gasteiger partial charge in [-0.2, -0.15) is 0 Å². The summed E-state index contributed by atoms with van der Waals surface area (Å²) in [6, 6.07) is 15.8. The number of nitrogens with one attached hydrogen (secondary N) is 1. The molecular formula is C32H44N2O7. The number of carbonyl (C=O) groups is 3. The second-order valence-electron chi connectivity index (χ2n) is 12.0. The number of esters is 1. The van der Waals surface area contributed by atoms with Crippen LogP contribution in [0.2, 0.25) is 0 Å². The Labute approximate surface area is 246 Å². The van der Waals surface area contributed by atoms with Gasteiger partial charge in [0, 0.05) is 15.8 Å². The van der Waals surface area contributed by atoms with Gasteiger partial charge in [-0.05, 0) is 83.5 Å². The summed E-state index contributed by atoms with van der Waals surface area (Å²) in [4.78, 5) is 39.7. The lowest BCUT2D eigenvalue weighted by atomic mass is 9.86. The van der Waals surface area contributed by atoms with E-state index < -0.39 is 47.6 Å². The molecule has 3 rings (SSSR count). The number of alkyl carbamates (subject to hydrolysis) is 1. The van der Waals surface area contributed by atoms with Crippen LogP contribution in [0.25, 0.3) is 0 Å². The van der Waals surface area contributed by atoms with Gasteiger partial charge in [-0.1, -0.05) is 42.5 Å². The molecule has 1 heterocycles. The summed E-state index contributed by atoms with van der Waals surface area (Å²) in [5.41, 5.74) is -0.381. The third-order valence-corrected chi connectivity index (χ3v) is 6.02. The molecule has 0 radical (unpaired) electrons. The predicted molar refractivity (Wildman–Crippen MR) is 156 cm³/mol. The van der Waals surface area contributed by atoms with Crippen LogP contribution in [-0.4, -0.2) is 60.5 Å². The van der Waals surface area contributed by atoms with Crippen molar-refractivity contribution < 1.29 is 36.1 Å². The van der Waals surface area contributed by atoms with Crippen LogP contribution >= 0.6 is 0 Å². The minimum absolute atomic E-state index is 0.121. The van der Waals surface area contributed by atoms with Gasteiger partial charge >= 0.3 is 18.2 Å². The second kappa shape index (κ2) is 14.2. The van der Waals surface area contributed by atoms with Crippen LogP contribution in [0.3, 0.4) is 0 Å². The van der Waals surface area contributed by atoms with Gasteiger partial charge in [0.25, 0.3) is 0 Å². The van der Waals surface area contributed by atoms with E-state index in [4.69, 9.17) is 21.7 Å². The summed E-state index contributed by atoms with van der Waals surface area (Å²) in [5, 5.41) is 2.62. The maximum absolute atomic E-state index is 13.5. The van der Waals surface area contributed by atoms with Crippen LogP contribution in [0.4, 0.5) is 9.59 Å². The number of hydrogen-bond donors (Lipinski definition) is 1. The van der Waals surface area contributed by atoms with E-state index in [0.29, 0.717) is 18.7 Å². The molecule has 1 aliphatic rings. The smallest absolute Gasteiger partial charge is 0.410 e. The fourth-order valence-electron chi connectivity index (χ4n) is 4.24. The highest BCUT2D eigenvalue weighted by Gasteiger charge is 2.39. The highest BCUT2D eigenvalue weighted by Crippen LogP contribution is 2.31. The largest absolute Gasteiger partial charge is 0.492 e. The van der Waals surface area contributed by atoms with E-state index in [0.717, 1.165) is 5.56 Å². The number of nitrogens with zero attached hydrogens (tertiary/aromatic N) is 1. The van der Waals surface area contributed by atoms with Crippen LogP contribution in [0.15, 0.2) is 54.6 Å². The number of ether oxygens (including phenoxy) is 4. The Hall–Kier alpha value is -3.75. The van der Waals surface area contributed by atoms with E-state index >= 15 is 0 Å². The summed E-state index contributed by atoms with van der Waals surface area (Å²) in [5.74, 6) is -1.97. The van der Waals surface area contributed by atoms with Crippen molar-refractivity contribution >= 4 is 18.2 Å². The molecule has 2 aromatic rings. The molecule has 9 heteroatoms. The first-order chi connectivity index (χ1) is 20.0. The Bertz CT molecular complexity index is 1240. The molecule has 1 saturated heterocycles. The molecule has 0 aliphatic carbocycles. The Morgan fingerprint density at radius 1 is 0.976 bits per heavy atom. The molecule has 0 saturated carbocycles. The van der Waals surface area contributed by atoms with Crippen molar-refractivity contribution in [3.8, 4) is 5.75 Å². The van der Waals surface area contributed by atoms with E-state index in [1.165, 1.54) is 4.90 Å². The fourth-order valence-corrected chi connectivity index (χ4v) is 4.24. The third kappa shape index (κ3) is 11.3. The standard InChI is InChI=1S/C32H44N2O7/c1-31(2,3)40-28(35)27(25-15-17-34(21-25)30(37)41-32(4,5)6)20-24-13-10-14-26(19-24)38-18-16-33-29(36)39-22-23-11-8-7-9-12-23/h7-14,19,25,27H,15-18,20-22H2,1-6H3,(H,33,36)/t25-,27-/m0/s1/i20D2. The molecule has 224 valence electrons. The molecule has 2 amide bonds. The molecule has 0 unspecified atom stereocenters. The zero-order valence-corrected chi connectivity index (χ0v) is 24.9. The lowest BCUT2D eigenvalue weighted by Gasteiger charge is -2.28. The van der Waals surface area contributed by atoms with Gasteiger partial charge in [0.15, 0.2) is 0 Å². The van der Waals surface area contributed by atoms with Crippen molar-refractivity contribution in [3.05, 3.63) is 65.7 Å². The lowest BCUT2D eigenvalue weighted by Crippen LogP contribution is -2.38. The fraction of sp³-hybridized carbons (Fsp3) is 0.531. The molecular weight excluding hydrogens is 524 g/mol. The number of carbonyl (C=O) groups excluding carboxylic acids is 3. The Morgan fingerprint density at radius 2 is 1.66 bits per heavy atom. The zero-order valence-electron chi connectivity index (χ0n) is 26.9. The summed E-state index contributed by atoms with van der Waals surface area (Å²) in [7, 11) is 0. The molecule has 0 bridgehead atoms. The van der Waals surface area contributed by atoms with E-state index in [9.17, 15) is 14.4 Å². The van der Waals surface area contributed by atoms with Crippen LogP contribution in [0, 0.1) is 11.8 Å². The van der Waals surface area contributed by atoms with Crippen molar-refractivity contribution in [2.24, 2.45) is 11.8 Å². The minimum Gasteiger partial charge on any atom is -0.492 e. The van der Waals surface area contributed by atoms with Crippen molar-refractivity contribution in [3.63, 3.8) is 0 Å². The third-order valence-electron chi connectivity index (χ3n) is 6.02. The number of benzene rings is 2. The van der Waals surface area contributed by atoms with E-state index in [1.807, 2.05) is 30.3 Å². The van der Waals surface area contributed by atoms with Gasteiger partial charge in [-0.3, -0.25) is 4.79 Å². The first-order valence-electron chi connectivity index (χ1n) is 14.9. The van der Waals surface area contributed by atoms with Crippen molar-refractivity contribution in [1.29, 1.82) is 0 Å². The molecule has 0 spiro atoms. The molecule has 41 heavy (non-hydrogen) atoms. The molecule has 0 aromatic heterocycles. The monoisotopic (exact) mass is 570 g/mol. The number of likely N-dealkylation sites (tertiary alicyclic amines) is 1. The molecule has 1 N–H and O–H groups in total. The SMILES string of the molecule is [2H]C([2H])(c1cccc(OCCNC(=O)OCc2ccccc2)c1)[C@H](C(=O)OC(C)(C)C)[C@H]1CCN(C(=O)OC(C)(C)C)C1. The number of amides is 2. The minimum atomic E-state index is -2.14. The van der Waals surface area contributed by atoms with Gasteiger partial charge in [-0.25, -0.2) is 9.59 Å². The van der Waals surface area contributed by atoms with Gasteiger partial charge in [-0.15, -0.1) is 0 Å². The van der Waals surface area contributed by atoms with Crippen LogP contribution in [0.5, 0.6) is 5.75 Å². The Balaban J connectivity index is 1.66. The van der Waals surface area contributed by atoms with Crippen molar-refractivity contribution in [1.82, 2.24) is 10.2 Å². The summed E-state index contributed by atoms with van der Waals surface area (Å²) in [6.07, 6.45) is -2.79. The summed E-state index contributed by atoms with van der Waals surface area (Å²) >= 11 is 0. The van der Waals surface area contributed by atoms with Crippen LogP contribution < -0.4 is 10.1 Å². The van der Waals surface area contributed by atoms with Gasteiger partial charge in [0.05, 0.1) is 12.5 Å². The first-order valence-corrected chi connectivity index (χ1v) is 13.9. The number of hydrogen-bond acceptors (Lipinski definition) is 7. The normalized spacial score (nSPS) is 17.1. The van der Waals surface area contributed by atoms with E-state index in [2.05, 4.69) is 5.32 Å². The topological polar surface area (TPSA) is 103 Å². The van der Waals surface area contributed by atoms with Crippen molar-refractivity contribution in [2.75, 3.05) is 26.2 Å². The predicted octanol–water partition coefficient (Wildman–Crippen LogP) is 5.75. The van der Waals surface area contributed by atoms with Crippen molar-refractivity contribution in [2.45, 2.75) is 72.1 Å². The summed E-state index contributed by atoms with van der Waals surface area (Å²) < 4.78 is 40.4. The molecule has 2 aromatic carbocycles. The highest BCUT2D eigenvalue weighted by molar-refractivity contribution is 5.74. The highest BCUT2D eigenvalue weighted by atomic mass is 16.6. The lowest BCUT2D eigenvalue weighted by molar-refractivity contribution is -0.162. The van der Waals surface area contributed by atoms with Gasteiger partial charge < -0.3 is 29.2 Å². The first kappa shape index (κ1) is 28.8. The second-order valence-corrected chi connectivity index (χ2v) is 12.0. The average Bonchev–Trinajstić information content (AvgIpc) is 3.38. The molecule has 9 nitrogen and oxygen atoms in total. The number of rotatable bonds is 10. The van der Waals surface area contributed by atoms with E-state index in [1.54, 1.807) is 65.8 Å². The average molecular weight is 571 g/mol. The Kier molecular flexibility index (Phi) is 9.99. The van der Waals surface area contributed by atoms with Gasteiger partial charge in [0.1, 0.15) is 30.2 Å². The zero-order chi connectivity index (χ0) is 31.8. The van der Waals surface area contributed by atoms with Crippen LogP contribution in [0.1, 0.15) is 61.8 Å². The quantitative estimate of drug-likeness (QED) is 0.220. The van der Waals surface area contributed by atoms with E-state index in [-0.39, 0.29) is 31.9 Å². The molecule has 1 fully saturated rings. The van der Waals surface area contributed by atoms with Crippen LogP contribution in [-0.2, 0) is 32.0 Å². The summed E-state index contributed by atoms with van der Waals surface area (Å²) in [6.45, 7) is 11.5.